The fraction of sp³-hybridized carbons (Fsp3) is 0.160. The van der Waals surface area contributed by atoms with E-state index >= 15 is 0 Å². The van der Waals surface area contributed by atoms with Crippen LogP contribution in [-0.2, 0) is 27.3 Å². The molecule has 3 amide bonds. The van der Waals surface area contributed by atoms with Gasteiger partial charge in [0.1, 0.15) is 11.9 Å². The molecule has 32 heavy (non-hydrogen) atoms. The van der Waals surface area contributed by atoms with Gasteiger partial charge in [-0.15, -0.1) is 0 Å². The number of nitrogens with zero attached hydrogens (tertiary/aromatic N) is 2. The number of imide groups is 1. The molecular formula is C25H20ClFN2O3. The molecule has 0 spiro atoms. The highest BCUT2D eigenvalue weighted by Crippen LogP contribution is 2.28. The first-order valence-electron chi connectivity index (χ1n) is 10.1. The van der Waals surface area contributed by atoms with Crippen molar-refractivity contribution in [2.75, 3.05) is 4.90 Å². The summed E-state index contributed by atoms with van der Waals surface area (Å²) in [6.45, 7) is 0.0896. The van der Waals surface area contributed by atoms with Gasteiger partial charge in [0.15, 0.2) is 0 Å². The lowest BCUT2D eigenvalue weighted by atomic mass is 10.1. The first-order chi connectivity index (χ1) is 15.4. The van der Waals surface area contributed by atoms with Crippen LogP contribution in [0, 0.1) is 5.82 Å². The molecule has 0 aliphatic carbocycles. The highest BCUT2D eigenvalue weighted by Gasteiger charge is 2.44. The van der Waals surface area contributed by atoms with Crippen molar-refractivity contribution in [3.63, 3.8) is 0 Å². The molecule has 1 unspecified atom stereocenters. The number of carbonyl (C=O) groups is 3. The van der Waals surface area contributed by atoms with E-state index in [0.29, 0.717) is 10.6 Å². The lowest BCUT2D eigenvalue weighted by Gasteiger charge is -2.28. The van der Waals surface area contributed by atoms with Gasteiger partial charge in [-0.05, 0) is 41.5 Å². The molecule has 0 saturated carbocycles. The van der Waals surface area contributed by atoms with Gasteiger partial charge in [-0.25, -0.2) is 9.29 Å². The molecule has 1 fully saturated rings. The molecule has 1 aliphatic heterocycles. The van der Waals surface area contributed by atoms with Crippen LogP contribution < -0.4 is 4.90 Å². The second-order valence-electron chi connectivity index (χ2n) is 7.54. The topological polar surface area (TPSA) is 57.7 Å². The summed E-state index contributed by atoms with van der Waals surface area (Å²) in [5, 5.41) is 0.470. The van der Waals surface area contributed by atoms with E-state index in [0.717, 1.165) is 10.5 Å². The van der Waals surface area contributed by atoms with Gasteiger partial charge in [-0.1, -0.05) is 60.1 Å². The normalized spacial score (nSPS) is 15.8. The second-order valence-corrected chi connectivity index (χ2v) is 7.95. The van der Waals surface area contributed by atoms with Crippen molar-refractivity contribution < 1.29 is 18.8 Å². The smallest absolute Gasteiger partial charge is 0.257 e. The molecule has 7 heteroatoms. The third-order valence-corrected chi connectivity index (χ3v) is 5.77. The summed E-state index contributed by atoms with van der Waals surface area (Å²) in [6.07, 6.45) is -0.0684. The third kappa shape index (κ3) is 4.55. The number of rotatable bonds is 6. The van der Waals surface area contributed by atoms with Gasteiger partial charge >= 0.3 is 0 Å². The van der Waals surface area contributed by atoms with Crippen LogP contribution in [0.2, 0.25) is 5.02 Å². The van der Waals surface area contributed by atoms with E-state index in [4.69, 9.17) is 11.6 Å². The van der Waals surface area contributed by atoms with Crippen LogP contribution in [0.3, 0.4) is 0 Å². The number of benzene rings is 3. The molecule has 1 atom stereocenters. The maximum Gasteiger partial charge on any atom is 0.257 e. The Labute approximate surface area is 190 Å². The minimum absolute atomic E-state index is 0.0831. The van der Waals surface area contributed by atoms with Crippen molar-refractivity contribution in [1.82, 2.24) is 4.90 Å². The van der Waals surface area contributed by atoms with Crippen molar-refractivity contribution in [2.24, 2.45) is 0 Å². The van der Waals surface area contributed by atoms with Gasteiger partial charge in [0, 0.05) is 11.6 Å². The lowest BCUT2D eigenvalue weighted by Crippen LogP contribution is -2.45. The molecule has 4 rings (SSSR count). The zero-order valence-corrected chi connectivity index (χ0v) is 17.8. The van der Waals surface area contributed by atoms with E-state index in [-0.39, 0.29) is 31.0 Å². The summed E-state index contributed by atoms with van der Waals surface area (Å²) in [5.74, 6) is -1.72. The summed E-state index contributed by atoms with van der Waals surface area (Å²) in [7, 11) is 0. The number of hydrogen-bond donors (Lipinski definition) is 0. The Kier molecular flexibility index (Phi) is 6.32. The van der Waals surface area contributed by atoms with E-state index in [1.165, 1.54) is 29.2 Å². The highest BCUT2D eigenvalue weighted by atomic mass is 35.5. The van der Waals surface area contributed by atoms with Gasteiger partial charge in [-0.2, -0.15) is 0 Å². The van der Waals surface area contributed by atoms with Crippen LogP contribution >= 0.6 is 11.6 Å². The van der Waals surface area contributed by atoms with Gasteiger partial charge in [0.2, 0.25) is 11.8 Å². The molecule has 0 bridgehead atoms. The monoisotopic (exact) mass is 450 g/mol. The van der Waals surface area contributed by atoms with Gasteiger partial charge in [0.25, 0.3) is 5.91 Å². The van der Waals surface area contributed by atoms with Crippen LogP contribution in [0.1, 0.15) is 17.5 Å². The summed E-state index contributed by atoms with van der Waals surface area (Å²) >= 11 is 6.31. The Morgan fingerprint density at radius 3 is 2.31 bits per heavy atom. The summed E-state index contributed by atoms with van der Waals surface area (Å²) in [5.41, 5.74) is 1.75. The molecule has 1 aliphatic rings. The Bertz CT molecular complexity index is 1150. The van der Waals surface area contributed by atoms with Crippen molar-refractivity contribution >= 4 is 35.0 Å². The van der Waals surface area contributed by atoms with Crippen LogP contribution in [-0.4, -0.2) is 28.7 Å². The summed E-state index contributed by atoms with van der Waals surface area (Å²) in [6, 6.07) is 20.4. The average Bonchev–Trinajstić information content (AvgIpc) is 3.08. The SMILES string of the molecule is O=C1CC(N(Cc2ccccc2Cl)C(=O)Cc2ccccc2)C(=O)N1c1ccc(F)cc1. The largest absolute Gasteiger partial charge is 0.325 e. The maximum absolute atomic E-state index is 13.3. The Hall–Kier alpha value is -3.51. The van der Waals surface area contributed by atoms with Gasteiger partial charge in [-0.3, -0.25) is 14.4 Å². The summed E-state index contributed by atoms with van der Waals surface area (Å²) in [4.78, 5) is 41.7. The van der Waals surface area contributed by atoms with Gasteiger partial charge < -0.3 is 4.90 Å². The minimum atomic E-state index is -0.972. The van der Waals surface area contributed by atoms with Crippen molar-refractivity contribution in [3.05, 3.63) is 101 Å². The molecule has 3 aromatic rings. The second kappa shape index (κ2) is 9.32. The predicted octanol–water partition coefficient (Wildman–Crippen LogP) is 4.38. The Balaban J connectivity index is 1.65. The standard InChI is InChI=1S/C25H20ClFN2O3/c26-21-9-5-4-8-18(21)16-28(23(30)14-17-6-2-1-3-7-17)22-15-24(31)29(25(22)32)20-12-10-19(27)11-13-20/h1-13,22H,14-16H2. The zero-order valence-electron chi connectivity index (χ0n) is 17.1. The number of hydrogen-bond acceptors (Lipinski definition) is 3. The van der Waals surface area contributed by atoms with E-state index < -0.39 is 23.7 Å². The van der Waals surface area contributed by atoms with Crippen molar-refractivity contribution in [1.29, 1.82) is 0 Å². The summed E-state index contributed by atoms with van der Waals surface area (Å²) < 4.78 is 13.3. The van der Waals surface area contributed by atoms with E-state index in [9.17, 15) is 18.8 Å². The highest BCUT2D eigenvalue weighted by molar-refractivity contribution is 6.31. The number of halogens is 2. The Morgan fingerprint density at radius 1 is 0.969 bits per heavy atom. The number of amides is 3. The zero-order chi connectivity index (χ0) is 22.7. The molecule has 0 N–H and O–H groups in total. The molecule has 5 nitrogen and oxygen atoms in total. The molecule has 0 radical (unpaired) electrons. The fourth-order valence-corrected chi connectivity index (χ4v) is 3.97. The Morgan fingerprint density at radius 2 is 1.62 bits per heavy atom. The van der Waals surface area contributed by atoms with Crippen molar-refractivity contribution in [2.45, 2.75) is 25.4 Å². The molecule has 0 aromatic heterocycles. The van der Waals surface area contributed by atoms with Crippen LogP contribution in [0.15, 0.2) is 78.9 Å². The number of anilines is 1. The van der Waals surface area contributed by atoms with E-state index in [1.54, 1.807) is 24.3 Å². The minimum Gasteiger partial charge on any atom is -0.325 e. The van der Waals surface area contributed by atoms with Crippen LogP contribution in [0.4, 0.5) is 10.1 Å². The molecule has 1 heterocycles. The molecule has 3 aromatic carbocycles. The molecular weight excluding hydrogens is 431 g/mol. The van der Waals surface area contributed by atoms with E-state index in [1.807, 2.05) is 30.3 Å². The van der Waals surface area contributed by atoms with E-state index in [2.05, 4.69) is 0 Å². The molecule has 1 saturated heterocycles. The lowest BCUT2D eigenvalue weighted by molar-refractivity contribution is -0.138. The first-order valence-corrected chi connectivity index (χ1v) is 10.5. The predicted molar refractivity (Wildman–Crippen MR) is 119 cm³/mol. The van der Waals surface area contributed by atoms with Gasteiger partial charge in [0.05, 0.1) is 18.5 Å². The quantitative estimate of drug-likeness (QED) is 0.523. The fourth-order valence-electron chi connectivity index (χ4n) is 3.78. The maximum atomic E-state index is 13.3. The van der Waals surface area contributed by atoms with Crippen LogP contribution in [0.5, 0.6) is 0 Å². The van der Waals surface area contributed by atoms with Crippen LogP contribution in [0.25, 0.3) is 0 Å². The van der Waals surface area contributed by atoms with Crippen molar-refractivity contribution in [3.8, 4) is 0 Å². The molecule has 162 valence electrons. The first kappa shape index (κ1) is 21.7. The number of carbonyl (C=O) groups excluding carboxylic acids is 3. The third-order valence-electron chi connectivity index (χ3n) is 5.40. The average molecular weight is 451 g/mol.